The quantitative estimate of drug-likeness (QED) is 0.709. The van der Waals surface area contributed by atoms with Crippen LogP contribution in [0, 0.1) is 0 Å². The van der Waals surface area contributed by atoms with Crippen molar-refractivity contribution in [3.8, 4) is 0 Å². The van der Waals surface area contributed by atoms with E-state index in [-0.39, 0.29) is 23.5 Å². The first-order valence-electron chi connectivity index (χ1n) is 7.06. The number of nitrogens with zero attached hydrogens (tertiary/aromatic N) is 1. The van der Waals surface area contributed by atoms with Crippen LogP contribution in [0.25, 0.3) is 0 Å². The van der Waals surface area contributed by atoms with Crippen LogP contribution in [0.2, 0.25) is 0 Å². The van der Waals surface area contributed by atoms with Crippen LogP contribution in [0.4, 0.5) is 11.4 Å². The fourth-order valence-corrected chi connectivity index (χ4v) is 3.25. The zero-order chi connectivity index (χ0) is 17.2. The molecule has 0 fully saturated rings. The van der Waals surface area contributed by atoms with E-state index in [0.717, 1.165) is 5.56 Å². The first-order valence-corrected chi connectivity index (χ1v) is 8.55. The first kappa shape index (κ1) is 16.1. The lowest BCUT2D eigenvalue weighted by Gasteiger charge is -2.11. The smallest absolute Gasteiger partial charge is 0.240 e. The monoisotopic (exact) mass is 346 g/mol. The van der Waals surface area contributed by atoms with Crippen molar-refractivity contribution in [1.82, 2.24) is 9.71 Å². The molecule has 0 saturated heterocycles. The average Bonchev–Trinajstić information content (AvgIpc) is 2.69. The van der Waals surface area contributed by atoms with Gasteiger partial charge in [0, 0.05) is 18.9 Å². The summed E-state index contributed by atoms with van der Waals surface area (Å²) in [5, 5.41) is 5.06. The number of carbonyl (C=O) groups excluding carboxylic acids is 2. The van der Waals surface area contributed by atoms with Gasteiger partial charge in [-0.2, -0.15) is 0 Å². The number of hydrogen-bond acceptors (Lipinski definition) is 5. The Labute approximate surface area is 138 Å². The van der Waals surface area contributed by atoms with E-state index < -0.39 is 21.8 Å². The Bertz CT molecular complexity index is 897. The lowest BCUT2D eigenvalue weighted by atomic mass is 10.2. The van der Waals surface area contributed by atoms with E-state index in [1.54, 1.807) is 24.5 Å². The Morgan fingerprint density at radius 2 is 1.83 bits per heavy atom. The average molecular weight is 346 g/mol. The third kappa shape index (κ3) is 3.58. The molecule has 0 atom stereocenters. The molecule has 124 valence electrons. The van der Waals surface area contributed by atoms with Crippen LogP contribution in [0.5, 0.6) is 0 Å². The van der Waals surface area contributed by atoms with Gasteiger partial charge in [-0.1, -0.05) is 6.07 Å². The summed E-state index contributed by atoms with van der Waals surface area (Å²) in [6, 6.07) is 7.58. The summed E-state index contributed by atoms with van der Waals surface area (Å²) in [5.74, 6) is -0.944. The topological polar surface area (TPSA) is 117 Å². The fourth-order valence-electron chi connectivity index (χ4n) is 2.20. The van der Waals surface area contributed by atoms with Gasteiger partial charge in [-0.05, 0) is 29.8 Å². The molecular weight excluding hydrogens is 332 g/mol. The summed E-state index contributed by atoms with van der Waals surface area (Å²) in [5.41, 5.74) is 1.32. The second-order valence-electron chi connectivity index (χ2n) is 5.17. The molecule has 3 rings (SSSR count). The summed E-state index contributed by atoms with van der Waals surface area (Å²) in [6.45, 7) is 0.0936. The van der Waals surface area contributed by atoms with Gasteiger partial charge in [-0.25, -0.2) is 13.1 Å². The number of amides is 2. The molecule has 0 aliphatic carbocycles. The highest BCUT2D eigenvalue weighted by atomic mass is 32.2. The third-order valence-electron chi connectivity index (χ3n) is 3.36. The summed E-state index contributed by atoms with van der Waals surface area (Å²) < 4.78 is 27.2. The number of hydrogen-bond donors (Lipinski definition) is 3. The molecule has 24 heavy (non-hydrogen) atoms. The second kappa shape index (κ2) is 6.38. The molecule has 1 aromatic heterocycles. The highest BCUT2D eigenvalue weighted by molar-refractivity contribution is 7.89. The van der Waals surface area contributed by atoms with Crippen LogP contribution in [-0.4, -0.2) is 25.2 Å². The second-order valence-corrected chi connectivity index (χ2v) is 6.93. The van der Waals surface area contributed by atoms with Crippen molar-refractivity contribution in [3.05, 3.63) is 48.3 Å². The SMILES string of the molecule is O=C1CC(=O)Nc2cc(S(=O)(=O)NCc3cccnc3)ccc2N1. The molecule has 2 heterocycles. The Morgan fingerprint density at radius 1 is 1.08 bits per heavy atom. The van der Waals surface area contributed by atoms with E-state index >= 15 is 0 Å². The number of pyridine rings is 1. The highest BCUT2D eigenvalue weighted by Crippen LogP contribution is 2.27. The molecule has 2 aromatic rings. The number of aromatic nitrogens is 1. The van der Waals surface area contributed by atoms with E-state index in [4.69, 9.17) is 0 Å². The molecule has 0 bridgehead atoms. The van der Waals surface area contributed by atoms with Crippen molar-refractivity contribution in [2.45, 2.75) is 17.9 Å². The third-order valence-corrected chi connectivity index (χ3v) is 4.76. The normalized spacial score (nSPS) is 14.3. The van der Waals surface area contributed by atoms with Crippen molar-refractivity contribution in [2.75, 3.05) is 10.6 Å². The van der Waals surface area contributed by atoms with Gasteiger partial charge in [0.15, 0.2) is 0 Å². The molecule has 9 heteroatoms. The van der Waals surface area contributed by atoms with Crippen LogP contribution in [0.15, 0.2) is 47.6 Å². The minimum Gasteiger partial charge on any atom is -0.324 e. The lowest BCUT2D eigenvalue weighted by Crippen LogP contribution is -2.23. The molecule has 0 unspecified atom stereocenters. The van der Waals surface area contributed by atoms with Crippen LogP contribution >= 0.6 is 0 Å². The van der Waals surface area contributed by atoms with Gasteiger partial charge >= 0.3 is 0 Å². The summed E-state index contributed by atoms with van der Waals surface area (Å²) >= 11 is 0. The molecule has 1 aromatic carbocycles. The van der Waals surface area contributed by atoms with Gasteiger partial charge < -0.3 is 10.6 Å². The van der Waals surface area contributed by atoms with E-state index in [1.165, 1.54) is 18.2 Å². The van der Waals surface area contributed by atoms with Crippen molar-refractivity contribution in [3.63, 3.8) is 0 Å². The Balaban J connectivity index is 1.84. The number of carbonyl (C=O) groups is 2. The number of rotatable bonds is 4. The van der Waals surface area contributed by atoms with Crippen molar-refractivity contribution in [1.29, 1.82) is 0 Å². The highest BCUT2D eigenvalue weighted by Gasteiger charge is 2.21. The number of sulfonamides is 1. The molecule has 2 amide bonds. The predicted molar refractivity (Wildman–Crippen MR) is 86.6 cm³/mol. The molecule has 0 spiro atoms. The molecule has 8 nitrogen and oxygen atoms in total. The first-order chi connectivity index (χ1) is 11.4. The van der Waals surface area contributed by atoms with Crippen molar-refractivity contribution in [2.24, 2.45) is 0 Å². The number of benzene rings is 1. The fraction of sp³-hybridized carbons (Fsp3) is 0.133. The van der Waals surface area contributed by atoms with Gasteiger partial charge in [-0.3, -0.25) is 14.6 Å². The minimum absolute atomic E-state index is 0.0124. The zero-order valence-electron chi connectivity index (χ0n) is 12.4. The van der Waals surface area contributed by atoms with Crippen molar-refractivity contribution >= 4 is 33.2 Å². The van der Waals surface area contributed by atoms with Crippen molar-refractivity contribution < 1.29 is 18.0 Å². The number of anilines is 2. The lowest BCUT2D eigenvalue weighted by molar-refractivity contribution is -0.123. The van der Waals surface area contributed by atoms with E-state index in [0.29, 0.717) is 5.69 Å². The van der Waals surface area contributed by atoms with Crippen LogP contribution in [-0.2, 0) is 26.2 Å². The molecule has 0 radical (unpaired) electrons. The van der Waals surface area contributed by atoms with E-state index in [2.05, 4.69) is 20.3 Å². The Morgan fingerprint density at radius 3 is 2.54 bits per heavy atom. The molecule has 3 N–H and O–H groups in total. The van der Waals surface area contributed by atoms with Gasteiger partial charge in [0.1, 0.15) is 6.42 Å². The molecule has 1 aliphatic rings. The summed E-state index contributed by atoms with van der Waals surface area (Å²) in [4.78, 5) is 27.0. The maximum atomic E-state index is 12.4. The maximum Gasteiger partial charge on any atom is 0.240 e. The number of fused-ring (bicyclic) bond motifs is 1. The van der Waals surface area contributed by atoms with Gasteiger partial charge in [-0.15, -0.1) is 0 Å². The van der Waals surface area contributed by atoms with Crippen LogP contribution < -0.4 is 15.4 Å². The number of nitrogens with one attached hydrogen (secondary N) is 3. The molecular formula is C15H14N4O4S. The largest absolute Gasteiger partial charge is 0.324 e. The van der Waals surface area contributed by atoms with E-state index in [9.17, 15) is 18.0 Å². The Hall–Kier alpha value is -2.78. The van der Waals surface area contributed by atoms with E-state index in [1.807, 2.05) is 0 Å². The van der Waals surface area contributed by atoms with Gasteiger partial charge in [0.05, 0.1) is 16.3 Å². The predicted octanol–water partition coefficient (Wildman–Crippen LogP) is 0.841. The summed E-state index contributed by atoms with van der Waals surface area (Å²) in [6.07, 6.45) is 2.85. The van der Waals surface area contributed by atoms with Gasteiger partial charge in [0.2, 0.25) is 21.8 Å². The van der Waals surface area contributed by atoms with Crippen LogP contribution in [0.3, 0.4) is 0 Å². The van der Waals surface area contributed by atoms with Crippen LogP contribution in [0.1, 0.15) is 12.0 Å². The molecule has 1 aliphatic heterocycles. The van der Waals surface area contributed by atoms with Gasteiger partial charge in [0.25, 0.3) is 0 Å². The maximum absolute atomic E-state index is 12.4. The molecule has 0 saturated carbocycles. The Kier molecular flexibility index (Phi) is 4.28. The standard InChI is InChI=1S/C15H14N4O4S/c20-14-7-15(21)19-13-6-11(3-4-12(13)18-14)24(22,23)17-9-10-2-1-5-16-8-10/h1-6,8,17H,7,9H2,(H,18,20)(H,19,21). The summed E-state index contributed by atoms with van der Waals surface area (Å²) in [7, 11) is -3.78. The minimum atomic E-state index is -3.78. The zero-order valence-corrected chi connectivity index (χ0v) is 13.3.